The number of thioether (sulfide) groups is 1. The molecule has 2 saturated carbocycles. The van der Waals surface area contributed by atoms with E-state index in [-0.39, 0.29) is 40.8 Å². The van der Waals surface area contributed by atoms with Gasteiger partial charge in [-0.15, -0.1) is 0 Å². The van der Waals surface area contributed by atoms with Crippen LogP contribution in [0, 0.1) is 11.7 Å². The minimum atomic E-state index is -0.575. The monoisotopic (exact) mass is 488 g/mol. The molecule has 34 heavy (non-hydrogen) atoms. The molecule has 1 amide bonds. The number of carbonyl (C=O) groups is 1. The third-order valence-corrected chi connectivity index (χ3v) is 8.90. The summed E-state index contributed by atoms with van der Waals surface area (Å²) in [4.78, 5) is 43.6. The van der Waals surface area contributed by atoms with Gasteiger partial charge in [0.25, 0.3) is 5.56 Å². The van der Waals surface area contributed by atoms with Crippen LogP contribution >= 0.6 is 11.8 Å². The molecule has 3 aliphatic rings. The molecule has 2 aromatic heterocycles. The van der Waals surface area contributed by atoms with Gasteiger partial charge in [-0.05, 0) is 74.9 Å². The molecule has 5 rings (SSSR count). The Balaban J connectivity index is 1.38. The zero-order valence-electron chi connectivity index (χ0n) is 19.5. The van der Waals surface area contributed by atoms with Gasteiger partial charge in [-0.25, -0.2) is 14.2 Å². The fraction of sp³-hybridized carbons (Fsp3) is 0.680. The second-order valence-corrected chi connectivity index (χ2v) is 11.3. The van der Waals surface area contributed by atoms with E-state index in [4.69, 9.17) is 0 Å². The summed E-state index contributed by atoms with van der Waals surface area (Å²) in [6.07, 6.45) is 10.8. The molecule has 7 nitrogen and oxygen atoms in total. The lowest BCUT2D eigenvalue weighted by Gasteiger charge is -2.31. The zero-order valence-corrected chi connectivity index (χ0v) is 20.3. The van der Waals surface area contributed by atoms with Gasteiger partial charge in [-0.2, -0.15) is 11.8 Å². The SMILES string of the molecule is O=C(CC1CCCC1)NC1CCC(n2c(=O)c3cc(F)cnc3n(C3CCSCC3)c2=O)CC1. The summed E-state index contributed by atoms with van der Waals surface area (Å²) in [5, 5.41) is 3.35. The van der Waals surface area contributed by atoms with Gasteiger partial charge in [0.05, 0.1) is 11.6 Å². The molecule has 2 aliphatic carbocycles. The number of aromatic nitrogens is 3. The maximum absolute atomic E-state index is 14.0. The number of hydrogen-bond donors (Lipinski definition) is 1. The van der Waals surface area contributed by atoms with Crippen LogP contribution in [0.1, 0.15) is 82.7 Å². The number of fused-ring (bicyclic) bond motifs is 1. The topological polar surface area (TPSA) is 86.0 Å². The molecular formula is C25H33FN4O3S. The highest BCUT2D eigenvalue weighted by Crippen LogP contribution is 2.31. The smallest absolute Gasteiger partial charge is 0.333 e. The number of nitrogens with one attached hydrogen (secondary N) is 1. The van der Waals surface area contributed by atoms with Crippen molar-refractivity contribution in [3.8, 4) is 0 Å². The van der Waals surface area contributed by atoms with E-state index in [2.05, 4.69) is 10.3 Å². The highest BCUT2D eigenvalue weighted by atomic mass is 32.2. The molecular weight excluding hydrogens is 455 g/mol. The quantitative estimate of drug-likeness (QED) is 0.689. The van der Waals surface area contributed by atoms with E-state index in [0.717, 1.165) is 56.2 Å². The molecule has 9 heteroatoms. The normalized spacial score (nSPS) is 24.5. The average Bonchev–Trinajstić information content (AvgIpc) is 3.34. The first-order valence-corrected chi connectivity index (χ1v) is 13.9. The lowest BCUT2D eigenvalue weighted by atomic mass is 9.90. The van der Waals surface area contributed by atoms with Crippen molar-refractivity contribution in [1.29, 1.82) is 0 Å². The van der Waals surface area contributed by atoms with E-state index < -0.39 is 11.4 Å². The molecule has 0 radical (unpaired) electrons. The van der Waals surface area contributed by atoms with Crippen molar-refractivity contribution in [1.82, 2.24) is 19.4 Å². The van der Waals surface area contributed by atoms with Crippen LogP contribution in [-0.4, -0.2) is 37.6 Å². The molecule has 3 fully saturated rings. The highest BCUT2D eigenvalue weighted by Gasteiger charge is 2.30. The zero-order chi connectivity index (χ0) is 23.7. The van der Waals surface area contributed by atoms with Gasteiger partial charge in [0.15, 0.2) is 0 Å². The highest BCUT2D eigenvalue weighted by molar-refractivity contribution is 7.99. The Labute approximate surface area is 202 Å². The first-order chi connectivity index (χ1) is 16.5. The van der Waals surface area contributed by atoms with E-state index in [1.54, 1.807) is 4.57 Å². The largest absolute Gasteiger partial charge is 0.353 e. The van der Waals surface area contributed by atoms with Crippen molar-refractivity contribution >= 4 is 28.7 Å². The summed E-state index contributed by atoms with van der Waals surface area (Å²) in [6, 6.07) is 1.01. The lowest BCUT2D eigenvalue weighted by Crippen LogP contribution is -2.46. The first-order valence-electron chi connectivity index (χ1n) is 12.7. The van der Waals surface area contributed by atoms with E-state index in [1.807, 2.05) is 11.8 Å². The Hall–Kier alpha value is -2.16. The molecule has 1 aliphatic heterocycles. The van der Waals surface area contributed by atoms with Crippen LogP contribution in [-0.2, 0) is 4.79 Å². The summed E-state index contributed by atoms with van der Waals surface area (Å²) in [5.41, 5.74) is -0.498. The number of halogens is 1. The Morgan fingerprint density at radius 1 is 1.00 bits per heavy atom. The van der Waals surface area contributed by atoms with Gasteiger partial charge in [0.2, 0.25) is 5.91 Å². The maximum Gasteiger partial charge on any atom is 0.333 e. The maximum atomic E-state index is 14.0. The van der Waals surface area contributed by atoms with Crippen molar-refractivity contribution in [3.63, 3.8) is 0 Å². The van der Waals surface area contributed by atoms with Gasteiger partial charge in [-0.3, -0.25) is 18.7 Å². The van der Waals surface area contributed by atoms with Gasteiger partial charge in [0, 0.05) is 24.5 Å². The van der Waals surface area contributed by atoms with Crippen molar-refractivity contribution < 1.29 is 9.18 Å². The summed E-state index contributed by atoms with van der Waals surface area (Å²) in [7, 11) is 0. The van der Waals surface area contributed by atoms with Crippen molar-refractivity contribution in [2.75, 3.05) is 11.5 Å². The minimum absolute atomic E-state index is 0.0349. The molecule has 3 heterocycles. The molecule has 1 N–H and O–H groups in total. The third-order valence-electron chi connectivity index (χ3n) is 7.85. The van der Waals surface area contributed by atoms with Gasteiger partial charge in [-0.1, -0.05) is 12.8 Å². The molecule has 0 unspecified atom stereocenters. The second-order valence-electron chi connectivity index (χ2n) is 10.1. The van der Waals surface area contributed by atoms with E-state index in [9.17, 15) is 18.8 Å². The number of pyridine rings is 1. The molecule has 184 valence electrons. The van der Waals surface area contributed by atoms with E-state index in [0.29, 0.717) is 25.2 Å². The Kier molecular flexibility index (Phi) is 7.09. The van der Waals surface area contributed by atoms with Crippen LogP contribution in [0.4, 0.5) is 4.39 Å². The predicted molar refractivity (Wildman–Crippen MR) is 132 cm³/mol. The summed E-state index contributed by atoms with van der Waals surface area (Å²) >= 11 is 1.86. The number of amides is 1. The van der Waals surface area contributed by atoms with Crippen molar-refractivity contribution in [2.45, 2.75) is 88.8 Å². The fourth-order valence-electron chi connectivity index (χ4n) is 6.04. The van der Waals surface area contributed by atoms with E-state index in [1.165, 1.54) is 23.5 Å². The summed E-state index contributed by atoms with van der Waals surface area (Å²) in [6.45, 7) is 0. The predicted octanol–water partition coefficient (Wildman–Crippen LogP) is 3.95. The first kappa shape index (κ1) is 23.6. The van der Waals surface area contributed by atoms with Crippen molar-refractivity contribution in [3.05, 3.63) is 38.9 Å². The van der Waals surface area contributed by atoms with Crippen LogP contribution in [0.2, 0.25) is 0 Å². The standard InChI is InChI=1S/C25H33FN4O3S/c26-17-14-21-23(27-15-17)29(20-9-11-34-12-10-20)25(33)30(24(21)32)19-7-5-18(6-8-19)28-22(31)13-16-3-1-2-4-16/h14-16,18-20H,1-13H2,(H,28,31). The molecule has 1 saturated heterocycles. The number of hydrogen-bond acceptors (Lipinski definition) is 5. The molecule has 0 spiro atoms. The molecule has 0 bridgehead atoms. The van der Waals surface area contributed by atoms with Crippen LogP contribution in [0.15, 0.2) is 21.9 Å². The van der Waals surface area contributed by atoms with Crippen LogP contribution in [0.5, 0.6) is 0 Å². The van der Waals surface area contributed by atoms with Gasteiger partial charge in [0.1, 0.15) is 11.5 Å². The van der Waals surface area contributed by atoms with Crippen LogP contribution in [0.3, 0.4) is 0 Å². The fourth-order valence-corrected chi connectivity index (χ4v) is 7.12. The number of rotatable bonds is 5. The Morgan fingerprint density at radius 3 is 2.38 bits per heavy atom. The lowest BCUT2D eigenvalue weighted by molar-refractivity contribution is -0.122. The Morgan fingerprint density at radius 2 is 1.68 bits per heavy atom. The van der Waals surface area contributed by atoms with Crippen LogP contribution in [0.25, 0.3) is 11.0 Å². The molecule has 0 atom stereocenters. The second kappa shape index (κ2) is 10.2. The number of carbonyl (C=O) groups excluding carboxylic acids is 1. The number of nitrogens with zero attached hydrogens (tertiary/aromatic N) is 3. The van der Waals surface area contributed by atoms with Crippen LogP contribution < -0.4 is 16.6 Å². The van der Waals surface area contributed by atoms with E-state index >= 15 is 0 Å². The summed E-state index contributed by atoms with van der Waals surface area (Å²) < 4.78 is 17.0. The summed E-state index contributed by atoms with van der Waals surface area (Å²) in [5.74, 6) is 1.96. The van der Waals surface area contributed by atoms with Gasteiger partial charge >= 0.3 is 5.69 Å². The minimum Gasteiger partial charge on any atom is -0.353 e. The average molecular weight is 489 g/mol. The van der Waals surface area contributed by atoms with Gasteiger partial charge < -0.3 is 5.32 Å². The molecule has 2 aromatic rings. The third kappa shape index (κ3) is 4.81. The van der Waals surface area contributed by atoms with Crippen molar-refractivity contribution in [2.24, 2.45) is 5.92 Å². The molecule has 0 aromatic carbocycles. The Bertz CT molecular complexity index is 1160.